The number of non-ortho nitro benzene ring substituents is 2. The summed E-state index contributed by atoms with van der Waals surface area (Å²) in [5, 5.41) is 21.8. The lowest BCUT2D eigenvalue weighted by molar-refractivity contribution is -0.394. The number of nitro groups is 2. The van der Waals surface area contributed by atoms with E-state index in [1.54, 1.807) is 0 Å². The van der Waals surface area contributed by atoms with E-state index < -0.39 is 27.1 Å². The predicted molar refractivity (Wildman–Crippen MR) is 89.7 cm³/mol. The topological polar surface area (TPSA) is 107 Å². The third kappa shape index (κ3) is 4.13. The minimum Gasteiger partial charge on any atom is -0.337 e. The fourth-order valence-electron chi connectivity index (χ4n) is 2.09. The van der Waals surface area contributed by atoms with Crippen molar-refractivity contribution in [2.75, 3.05) is 7.05 Å². The standard InChI is InChI=1S/C15H12BrN3O5/c1-17(9-10-2-4-12(16)5-3-10)15(20)11-6-13(18(21)22)8-14(7-11)19(23)24/h2-8H,9H2,1H3. The van der Waals surface area contributed by atoms with E-state index >= 15 is 0 Å². The third-order valence-electron chi connectivity index (χ3n) is 3.25. The van der Waals surface area contributed by atoms with Crippen LogP contribution >= 0.6 is 15.9 Å². The molecule has 0 bridgehead atoms. The summed E-state index contributed by atoms with van der Waals surface area (Å²) in [6, 6.07) is 10.2. The van der Waals surface area contributed by atoms with Gasteiger partial charge in [-0.05, 0) is 17.7 Å². The molecule has 0 radical (unpaired) electrons. The summed E-state index contributed by atoms with van der Waals surface area (Å²) in [4.78, 5) is 34.0. The molecular weight excluding hydrogens is 382 g/mol. The molecule has 0 aromatic heterocycles. The summed E-state index contributed by atoms with van der Waals surface area (Å²) < 4.78 is 0.898. The van der Waals surface area contributed by atoms with Crippen molar-refractivity contribution in [1.82, 2.24) is 4.90 Å². The Morgan fingerprint density at radius 3 is 2.00 bits per heavy atom. The third-order valence-corrected chi connectivity index (χ3v) is 3.78. The molecule has 0 aliphatic rings. The highest BCUT2D eigenvalue weighted by Gasteiger charge is 2.21. The first-order chi connectivity index (χ1) is 11.3. The Balaban J connectivity index is 2.28. The Morgan fingerprint density at radius 1 is 1.04 bits per heavy atom. The van der Waals surface area contributed by atoms with E-state index in [1.165, 1.54) is 11.9 Å². The maximum Gasteiger partial charge on any atom is 0.277 e. The number of rotatable bonds is 5. The van der Waals surface area contributed by atoms with Crippen molar-refractivity contribution in [3.8, 4) is 0 Å². The predicted octanol–water partition coefficient (Wildman–Crippen LogP) is 3.54. The van der Waals surface area contributed by atoms with Crippen LogP contribution in [-0.4, -0.2) is 27.7 Å². The number of hydrogen-bond acceptors (Lipinski definition) is 5. The maximum atomic E-state index is 12.4. The van der Waals surface area contributed by atoms with Crippen molar-refractivity contribution in [2.45, 2.75) is 6.54 Å². The van der Waals surface area contributed by atoms with E-state index in [2.05, 4.69) is 15.9 Å². The lowest BCUT2D eigenvalue weighted by Gasteiger charge is -2.17. The van der Waals surface area contributed by atoms with Crippen molar-refractivity contribution in [3.05, 3.63) is 78.3 Å². The van der Waals surface area contributed by atoms with E-state index in [9.17, 15) is 25.0 Å². The van der Waals surface area contributed by atoms with Gasteiger partial charge in [-0.15, -0.1) is 0 Å². The van der Waals surface area contributed by atoms with Crippen LogP contribution in [0.3, 0.4) is 0 Å². The molecule has 0 spiro atoms. The van der Waals surface area contributed by atoms with Gasteiger partial charge in [0.25, 0.3) is 17.3 Å². The van der Waals surface area contributed by atoms with Crippen molar-refractivity contribution < 1.29 is 14.6 Å². The number of amides is 1. The van der Waals surface area contributed by atoms with Crippen LogP contribution in [0.1, 0.15) is 15.9 Å². The molecule has 1 amide bonds. The molecule has 0 fully saturated rings. The largest absolute Gasteiger partial charge is 0.337 e. The van der Waals surface area contributed by atoms with Gasteiger partial charge in [0.2, 0.25) is 0 Å². The van der Waals surface area contributed by atoms with Gasteiger partial charge in [-0.3, -0.25) is 25.0 Å². The van der Waals surface area contributed by atoms with Gasteiger partial charge >= 0.3 is 0 Å². The molecule has 0 saturated heterocycles. The molecular formula is C15H12BrN3O5. The van der Waals surface area contributed by atoms with Crippen LogP contribution in [0.15, 0.2) is 46.9 Å². The SMILES string of the molecule is CN(Cc1ccc(Br)cc1)C(=O)c1cc([N+](=O)[O-])cc([N+](=O)[O-])c1. The molecule has 2 aromatic rings. The van der Waals surface area contributed by atoms with E-state index in [1.807, 2.05) is 24.3 Å². The monoisotopic (exact) mass is 393 g/mol. The zero-order chi connectivity index (χ0) is 17.9. The Morgan fingerprint density at radius 2 is 1.54 bits per heavy atom. The second kappa shape index (κ2) is 7.18. The van der Waals surface area contributed by atoms with E-state index in [-0.39, 0.29) is 12.1 Å². The number of carbonyl (C=O) groups excluding carboxylic acids is 1. The molecule has 2 aromatic carbocycles. The van der Waals surface area contributed by atoms with Crippen LogP contribution in [0.5, 0.6) is 0 Å². The molecule has 0 heterocycles. The van der Waals surface area contributed by atoms with Crippen molar-refractivity contribution in [2.24, 2.45) is 0 Å². The van der Waals surface area contributed by atoms with Gasteiger partial charge in [0.15, 0.2) is 0 Å². The summed E-state index contributed by atoms with van der Waals surface area (Å²) >= 11 is 3.31. The van der Waals surface area contributed by atoms with Gasteiger partial charge < -0.3 is 4.90 Å². The molecule has 9 heteroatoms. The highest BCUT2D eigenvalue weighted by atomic mass is 79.9. The summed E-state index contributed by atoms with van der Waals surface area (Å²) in [7, 11) is 1.52. The molecule has 0 aliphatic heterocycles. The Kier molecular flexibility index (Phi) is 5.24. The normalized spacial score (nSPS) is 10.2. The van der Waals surface area contributed by atoms with Crippen LogP contribution in [0, 0.1) is 20.2 Å². The van der Waals surface area contributed by atoms with Crippen molar-refractivity contribution in [3.63, 3.8) is 0 Å². The molecule has 124 valence electrons. The van der Waals surface area contributed by atoms with Crippen molar-refractivity contribution in [1.29, 1.82) is 0 Å². The zero-order valence-corrected chi connectivity index (χ0v) is 14.1. The van der Waals surface area contributed by atoms with Gasteiger partial charge in [-0.25, -0.2) is 0 Å². The molecule has 0 unspecified atom stereocenters. The van der Waals surface area contributed by atoms with Crippen LogP contribution in [-0.2, 0) is 6.54 Å². The first-order valence-corrected chi connectivity index (χ1v) is 7.51. The molecule has 8 nitrogen and oxygen atoms in total. The van der Waals surface area contributed by atoms with E-state index in [0.29, 0.717) is 0 Å². The Labute approximate surface area is 145 Å². The second-order valence-corrected chi connectivity index (χ2v) is 5.96. The summed E-state index contributed by atoms with van der Waals surface area (Å²) in [5.74, 6) is -0.537. The highest BCUT2D eigenvalue weighted by molar-refractivity contribution is 9.10. The minimum atomic E-state index is -0.765. The number of hydrogen-bond donors (Lipinski definition) is 0. The highest BCUT2D eigenvalue weighted by Crippen LogP contribution is 2.24. The van der Waals surface area contributed by atoms with Gasteiger partial charge in [-0.2, -0.15) is 0 Å². The fourth-order valence-corrected chi connectivity index (χ4v) is 2.35. The molecule has 2 rings (SSSR count). The Hall–Kier alpha value is -2.81. The first kappa shape index (κ1) is 17.5. The molecule has 0 N–H and O–H groups in total. The van der Waals surface area contributed by atoms with Crippen molar-refractivity contribution >= 4 is 33.2 Å². The molecule has 0 saturated carbocycles. The quantitative estimate of drug-likeness (QED) is 0.570. The van der Waals surface area contributed by atoms with Crippen LogP contribution < -0.4 is 0 Å². The lowest BCUT2D eigenvalue weighted by atomic mass is 10.1. The summed E-state index contributed by atoms with van der Waals surface area (Å²) in [6.45, 7) is 0.266. The number of nitro benzene ring substituents is 2. The summed E-state index contributed by atoms with van der Waals surface area (Å²) in [6.07, 6.45) is 0. The smallest absolute Gasteiger partial charge is 0.277 e. The van der Waals surface area contributed by atoms with Gasteiger partial charge in [0.1, 0.15) is 0 Å². The zero-order valence-electron chi connectivity index (χ0n) is 12.5. The first-order valence-electron chi connectivity index (χ1n) is 6.71. The van der Waals surface area contributed by atoms with Gasteiger partial charge in [0.05, 0.1) is 21.5 Å². The fraction of sp³-hybridized carbons (Fsp3) is 0.133. The number of halogens is 1. The van der Waals surface area contributed by atoms with Gasteiger partial charge in [-0.1, -0.05) is 28.1 Å². The average Bonchev–Trinajstić information content (AvgIpc) is 2.55. The van der Waals surface area contributed by atoms with Crippen LogP contribution in [0.2, 0.25) is 0 Å². The Bertz CT molecular complexity index is 775. The van der Waals surface area contributed by atoms with Gasteiger partial charge in [0, 0.05) is 30.2 Å². The second-order valence-electron chi connectivity index (χ2n) is 5.04. The number of nitrogens with zero attached hydrogens (tertiary/aromatic N) is 3. The number of carbonyl (C=O) groups is 1. The maximum absolute atomic E-state index is 12.4. The van der Waals surface area contributed by atoms with Crippen LogP contribution in [0.25, 0.3) is 0 Å². The molecule has 0 atom stereocenters. The summed E-state index contributed by atoms with van der Waals surface area (Å²) in [5.41, 5.74) is -0.237. The minimum absolute atomic E-state index is 0.101. The van der Waals surface area contributed by atoms with Crippen LogP contribution in [0.4, 0.5) is 11.4 Å². The number of benzene rings is 2. The lowest BCUT2D eigenvalue weighted by Crippen LogP contribution is -2.26. The van der Waals surface area contributed by atoms with E-state index in [0.717, 1.165) is 28.2 Å². The molecule has 24 heavy (non-hydrogen) atoms. The average molecular weight is 394 g/mol. The molecule has 0 aliphatic carbocycles. The van der Waals surface area contributed by atoms with E-state index in [4.69, 9.17) is 0 Å².